The van der Waals surface area contributed by atoms with Crippen molar-refractivity contribution in [2.24, 2.45) is 0 Å². The number of hydrogen-bond donors (Lipinski definition) is 1. The van der Waals surface area contributed by atoms with Crippen molar-refractivity contribution < 1.29 is 22.7 Å². The Morgan fingerprint density at radius 3 is 2.31 bits per heavy atom. The normalized spacial score (nSPS) is 11.0. The van der Waals surface area contributed by atoms with Crippen molar-refractivity contribution in [3.05, 3.63) is 29.8 Å². The van der Waals surface area contributed by atoms with E-state index in [1.165, 1.54) is 12.1 Å². The van der Waals surface area contributed by atoms with E-state index in [1.54, 1.807) is 6.26 Å². The fourth-order valence-electron chi connectivity index (χ4n) is 0.960. The average Bonchev–Trinajstić information content (AvgIpc) is 2.16. The lowest BCUT2D eigenvalue weighted by Gasteiger charge is -2.08. The molecule has 1 aromatic rings. The number of ether oxygens (including phenoxy) is 1. The maximum absolute atomic E-state index is 11.8. The molecular formula is C9H8F3NO2S. The molecule has 0 unspecified atom stereocenters. The summed E-state index contributed by atoms with van der Waals surface area (Å²) in [6.45, 7) is 0. The molecule has 7 heteroatoms. The van der Waals surface area contributed by atoms with Gasteiger partial charge in [0.2, 0.25) is 0 Å². The zero-order valence-corrected chi connectivity index (χ0v) is 8.98. The third-order valence-electron chi connectivity index (χ3n) is 1.54. The van der Waals surface area contributed by atoms with Gasteiger partial charge >= 0.3 is 6.36 Å². The number of hydrogen-bond acceptors (Lipinski definition) is 3. The Morgan fingerprint density at radius 2 is 1.88 bits per heavy atom. The van der Waals surface area contributed by atoms with Gasteiger partial charge in [0.15, 0.2) is 0 Å². The van der Waals surface area contributed by atoms with Crippen LogP contribution in [0.25, 0.3) is 0 Å². The summed E-state index contributed by atoms with van der Waals surface area (Å²) in [5.41, 5.74) is 0.267. The maximum atomic E-state index is 11.8. The van der Waals surface area contributed by atoms with Crippen LogP contribution in [0.4, 0.5) is 13.2 Å². The van der Waals surface area contributed by atoms with E-state index in [9.17, 15) is 18.0 Å². The molecule has 0 radical (unpaired) electrons. The lowest BCUT2D eigenvalue weighted by atomic mass is 10.2. The number of halogens is 3. The van der Waals surface area contributed by atoms with Gasteiger partial charge in [0, 0.05) is 11.8 Å². The molecule has 0 spiro atoms. The molecule has 0 aliphatic heterocycles. The van der Waals surface area contributed by atoms with Crippen LogP contribution in [-0.4, -0.2) is 18.5 Å². The minimum Gasteiger partial charge on any atom is -0.406 e. The number of alkyl halides is 3. The predicted octanol–water partition coefficient (Wildman–Crippen LogP) is 2.59. The zero-order valence-electron chi connectivity index (χ0n) is 8.17. The molecule has 3 nitrogen and oxygen atoms in total. The molecule has 0 bridgehead atoms. The first kappa shape index (κ1) is 12.7. The van der Waals surface area contributed by atoms with Crippen LogP contribution in [0, 0.1) is 0 Å². The number of nitrogens with one attached hydrogen (secondary N) is 1. The molecule has 0 atom stereocenters. The van der Waals surface area contributed by atoms with Gasteiger partial charge in [-0.1, -0.05) is 11.9 Å². The van der Waals surface area contributed by atoms with Gasteiger partial charge in [-0.3, -0.25) is 9.52 Å². The maximum Gasteiger partial charge on any atom is 0.573 e. The molecule has 0 aromatic heterocycles. The Bertz CT molecular complexity index is 364. The van der Waals surface area contributed by atoms with Crippen LogP contribution in [0.2, 0.25) is 0 Å². The van der Waals surface area contributed by atoms with Crippen LogP contribution in [0.5, 0.6) is 5.75 Å². The van der Waals surface area contributed by atoms with Crippen molar-refractivity contribution in [3.8, 4) is 5.75 Å². The summed E-state index contributed by atoms with van der Waals surface area (Å²) in [5.74, 6) is -0.723. The van der Waals surface area contributed by atoms with E-state index < -0.39 is 6.36 Å². The van der Waals surface area contributed by atoms with E-state index in [4.69, 9.17) is 0 Å². The molecule has 16 heavy (non-hydrogen) atoms. The molecule has 1 rings (SSSR count). The van der Waals surface area contributed by atoms with E-state index in [-0.39, 0.29) is 17.2 Å². The first-order valence-electron chi connectivity index (χ1n) is 4.11. The number of benzene rings is 1. The monoisotopic (exact) mass is 251 g/mol. The minimum absolute atomic E-state index is 0.267. The topological polar surface area (TPSA) is 38.3 Å². The van der Waals surface area contributed by atoms with E-state index in [2.05, 4.69) is 9.46 Å². The van der Waals surface area contributed by atoms with Crippen molar-refractivity contribution in [2.45, 2.75) is 6.36 Å². The fourth-order valence-corrected chi connectivity index (χ4v) is 1.26. The van der Waals surface area contributed by atoms with Crippen molar-refractivity contribution in [2.75, 3.05) is 6.26 Å². The van der Waals surface area contributed by atoms with Crippen LogP contribution in [-0.2, 0) is 0 Å². The molecule has 1 amide bonds. The zero-order chi connectivity index (χ0) is 12.2. The standard InChI is InChI=1S/C9H8F3NO2S/c1-16-13-8(14)6-2-4-7(5-3-6)15-9(10,11)12/h2-5H,1H3,(H,13,14). The predicted molar refractivity (Wildman–Crippen MR) is 54.1 cm³/mol. The summed E-state index contributed by atoms with van der Waals surface area (Å²) < 4.78 is 41.6. The van der Waals surface area contributed by atoms with Gasteiger partial charge in [0.05, 0.1) is 0 Å². The summed E-state index contributed by atoms with van der Waals surface area (Å²) in [6.07, 6.45) is -3.05. The van der Waals surface area contributed by atoms with E-state index in [0.29, 0.717) is 0 Å². The van der Waals surface area contributed by atoms with Crippen molar-refractivity contribution in [1.29, 1.82) is 0 Å². The number of carbonyl (C=O) groups is 1. The fraction of sp³-hybridized carbons (Fsp3) is 0.222. The van der Waals surface area contributed by atoms with Crippen LogP contribution >= 0.6 is 11.9 Å². The second-order valence-electron chi connectivity index (χ2n) is 2.71. The van der Waals surface area contributed by atoms with Crippen LogP contribution < -0.4 is 9.46 Å². The highest BCUT2D eigenvalue weighted by atomic mass is 32.2. The van der Waals surface area contributed by atoms with Gasteiger partial charge in [-0.2, -0.15) is 0 Å². The minimum atomic E-state index is -4.72. The first-order chi connectivity index (χ1) is 7.42. The number of carbonyl (C=O) groups excluding carboxylic acids is 1. The van der Waals surface area contributed by atoms with Gasteiger partial charge in [-0.15, -0.1) is 13.2 Å². The number of rotatable bonds is 3. The molecule has 0 aliphatic carbocycles. The highest BCUT2D eigenvalue weighted by Gasteiger charge is 2.30. The third-order valence-corrected chi connectivity index (χ3v) is 1.93. The quantitative estimate of drug-likeness (QED) is 0.839. The second kappa shape index (κ2) is 5.11. The molecule has 0 saturated heterocycles. The highest BCUT2D eigenvalue weighted by molar-refractivity contribution is 7.97. The lowest BCUT2D eigenvalue weighted by Crippen LogP contribution is -2.18. The molecular weight excluding hydrogens is 243 g/mol. The Labute approximate surface area is 94.1 Å². The van der Waals surface area contributed by atoms with Crippen LogP contribution in [0.1, 0.15) is 10.4 Å². The Kier molecular flexibility index (Phi) is 4.05. The van der Waals surface area contributed by atoms with Gasteiger partial charge in [-0.25, -0.2) is 0 Å². The molecule has 0 heterocycles. The molecule has 0 saturated carbocycles. The van der Waals surface area contributed by atoms with Gasteiger partial charge in [0.25, 0.3) is 5.91 Å². The largest absolute Gasteiger partial charge is 0.573 e. The van der Waals surface area contributed by atoms with Crippen molar-refractivity contribution >= 4 is 17.9 Å². The summed E-state index contributed by atoms with van der Waals surface area (Å²) in [4.78, 5) is 11.2. The third kappa shape index (κ3) is 4.01. The van der Waals surface area contributed by atoms with Crippen LogP contribution in [0.3, 0.4) is 0 Å². The molecule has 0 aliphatic rings. The lowest BCUT2D eigenvalue weighted by molar-refractivity contribution is -0.274. The Balaban J connectivity index is 2.72. The summed E-state index contributed by atoms with van der Waals surface area (Å²) in [6, 6.07) is 4.69. The van der Waals surface area contributed by atoms with Crippen LogP contribution in [0.15, 0.2) is 24.3 Å². The van der Waals surface area contributed by atoms with Crippen molar-refractivity contribution in [3.63, 3.8) is 0 Å². The van der Waals surface area contributed by atoms with Crippen molar-refractivity contribution in [1.82, 2.24) is 4.72 Å². The van der Waals surface area contributed by atoms with Gasteiger partial charge in [-0.05, 0) is 24.3 Å². The molecule has 0 fully saturated rings. The Morgan fingerprint density at radius 1 is 1.31 bits per heavy atom. The van der Waals surface area contributed by atoms with E-state index in [1.807, 2.05) is 0 Å². The molecule has 88 valence electrons. The Hall–Kier alpha value is -1.37. The summed E-state index contributed by atoms with van der Waals surface area (Å²) >= 11 is 1.11. The van der Waals surface area contributed by atoms with E-state index >= 15 is 0 Å². The SMILES string of the molecule is CSNC(=O)c1ccc(OC(F)(F)F)cc1. The summed E-state index contributed by atoms with van der Waals surface area (Å²) in [7, 11) is 0. The molecule has 1 N–H and O–H groups in total. The second-order valence-corrected chi connectivity index (χ2v) is 3.32. The number of amides is 1. The first-order valence-corrected chi connectivity index (χ1v) is 5.34. The van der Waals surface area contributed by atoms with E-state index in [0.717, 1.165) is 24.1 Å². The highest BCUT2D eigenvalue weighted by Crippen LogP contribution is 2.22. The average molecular weight is 251 g/mol. The van der Waals surface area contributed by atoms with Gasteiger partial charge in [0.1, 0.15) is 5.75 Å². The smallest absolute Gasteiger partial charge is 0.406 e. The summed E-state index contributed by atoms with van der Waals surface area (Å²) in [5, 5.41) is 0. The molecule has 1 aromatic carbocycles. The van der Waals surface area contributed by atoms with Gasteiger partial charge < -0.3 is 4.74 Å².